The lowest BCUT2D eigenvalue weighted by Crippen LogP contribution is -1.96. The number of hydrogen-bond acceptors (Lipinski definition) is 4. The van der Waals surface area contributed by atoms with Crippen LogP contribution in [0.1, 0.15) is 11.4 Å². The van der Waals surface area contributed by atoms with Gasteiger partial charge in [-0.3, -0.25) is 0 Å². The molecule has 0 radical (unpaired) electrons. The second-order valence-electron chi connectivity index (χ2n) is 3.08. The lowest BCUT2D eigenvalue weighted by Gasteiger charge is -1.98. The number of aromatic nitrogens is 4. The van der Waals surface area contributed by atoms with Crippen LogP contribution in [0.2, 0.25) is 0 Å². The number of nitrogens with two attached hydrogens (primary N) is 1. The molecule has 0 aliphatic carbocycles. The average Bonchev–Trinajstić information content (AvgIpc) is 2.31. The first kappa shape index (κ1) is 7.97. The van der Waals surface area contributed by atoms with Gasteiger partial charge >= 0.3 is 0 Å². The zero-order valence-electron chi connectivity index (χ0n) is 7.87. The van der Waals surface area contributed by atoms with Crippen LogP contribution in [0.4, 0.5) is 5.82 Å². The quantitative estimate of drug-likeness (QED) is 0.638. The van der Waals surface area contributed by atoms with Crippen LogP contribution in [-0.2, 0) is 7.05 Å². The van der Waals surface area contributed by atoms with Crippen LogP contribution < -0.4 is 5.73 Å². The van der Waals surface area contributed by atoms with E-state index in [1.807, 2.05) is 20.9 Å². The van der Waals surface area contributed by atoms with Crippen molar-refractivity contribution in [3.63, 3.8) is 0 Å². The summed E-state index contributed by atoms with van der Waals surface area (Å²) in [6, 6.07) is 0. The number of aryl methyl sites for hydroxylation is 3. The fraction of sp³-hybridized carbons (Fsp3) is 0.375. The molecule has 5 nitrogen and oxygen atoms in total. The Labute approximate surface area is 75.6 Å². The van der Waals surface area contributed by atoms with Gasteiger partial charge in [0, 0.05) is 7.05 Å². The minimum absolute atomic E-state index is 0.438. The number of rotatable bonds is 0. The highest BCUT2D eigenvalue weighted by Gasteiger charge is 2.09. The largest absolute Gasteiger partial charge is 0.380 e. The smallest absolute Gasteiger partial charge is 0.179 e. The monoisotopic (exact) mass is 177 g/mol. The summed E-state index contributed by atoms with van der Waals surface area (Å²) in [7, 11) is 1.81. The molecule has 2 N–H and O–H groups in total. The van der Waals surface area contributed by atoms with Gasteiger partial charge in [-0.15, -0.1) is 0 Å². The molecule has 0 unspecified atom stereocenters. The van der Waals surface area contributed by atoms with Crippen molar-refractivity contribution < 1.29 is 0 Å². The summed E-state index contributed by atoms with van der Waals surface area (Å²) in [6.45, 7) is 3.83. The Kier molecular flexibility index (Phi) is 1.48. The number of fused-ring (bicyclic) bond motifs is 1. The Morgan fingerprint density at radius 2 is 1.77 bits per heavy atom. The molecule has 0 amide bonds. The SMILES string of the molecule is Cc1nc2c(N)nn(C)c2nc1C. The molecule has 0 atom stereocenters. The van der Waals surface area contributed by atoms with Crippen LogP contribution in [0.25, 0.3) is 11.2 Å². The maximum absolute atomic E-state index is 5.66. The van der Waals surface area contributed by atoms with E-state index in [1.54, 1.807) is 4.68 Å². The predicted octanol–water partition coefficient (Wildman–Crippen LogP) is 0.562. The van der Waals surface area contributed by atoms with Crippen LogP contribution in [-0.4, -0.2) is 19.7 Å². The van der Waals surface area contributed by atoms with Gasteiger partial charge in [0.2, 0.25) is 0 Å². The highest BCUT2D eigenvalue weighted by atomic mass is 15.3. The predicted molar refractivity (Wildman–Crippen MR) is 50.2 cm³/mol. The third-order valence-electron chi connectivity index (χ3n) is 2.10. The molecule has 0 bridgehead atoms. The molecule has 0 aliphatic rings. The van der Waals surface area contributed by atoms with E-state index >= 15 is 0 Å². The summed E-state index contributed by atoms with van der Waals surface area (Å²) in [5, 5.41) is 4.04. The van der Waals surface area contributed by atoms with Crippen molar-refractivity contribution in [1.29, 1.82) is 0 Å². The second kappa shape index (κ2) is 2.42. The molecular formula is C8H11N5. The standard InChI is InChI=1S/C8H11N5/c1-4-5(2)11-8-6(10-4)7(9)12-13(8)3/h1-3H3,(H2,9,12). The van der Waals surface area contributed by atoms with Crippen LogP contribution >= 0.6 is 0 Å². The lowest BCUT2D eigenvalue weighted by molar-refractivity contribution is 0.788. The molecule has 0 saturated carbocycles. The van der Waals surface area contributed by atoms with Gasteiger partial charge in [0.05, 0.1) is 11.4 Å². The van der Waals surface area contributed by atoms with Crippen molar-refractivity contribution in [2.24, 2.45) is 7.05 Å². The number of nitrogen functional groups attached to an aromatic ring is 1. The Morgan fingerprint density at radius 1 is 1.15 bits per heavy atom. The molecule has 2 rings (SSSR count). The van der Waals surface area contributed by atoms with Gasteiger partial charge in [-0.2, -0.15) is 5.10 Å². The van der Waals surface area contributed by atoms with E-state index in [0.29, 0.717) is 11.3 Å². The van der Waals surface area contributed by atoms with Gasteiger partial charge in [-0.05, 0) is 13.8 Å². The van der Waals surface area contributed by atoms with Gasteiger partial charge in [-0.1, -0.05) is 0 Å². The number of nitrogens with zero attached hydrogens (tertiary/aromatic N) is 4. The Hall–Kier alpha value is -1.65. The Bertz CT molecular complexity index is 429. The summed E-state index contributed by atoms with van der Waals surface area (Å²) in [4.78, 5) is 8.68. The van der Waals surface area contributed by atoms with Gasteiger partial charge < -0.3 is 5.73 Å². The summed E-state index contributed by atoms with van der Waals surface area (Å²) in [6.07, 6.45) is 0. The fourth-order valence-electron chi connectivity index (χ4n) is 1.25. The highest BCUT2D eigenvalue weighted by Crippen LogP contribution is 2.16. The van der Waals surface area contributed by atoms with Crippen LogP contribution in [0.3, 0.4) is 0 Å². The number of hydrogen-bond donors (Lipinski definition) is 1. The van der Waals surface area contributed by atoms with Gasteiger partial charge in [-0.25, -0.2) is 14.6 Å². The van der Waals surface area contributed by atoms with E-state index in [2.05, 4.69) is 15.1 Å². The third kappa shape index (κ3) is 1.04. The van der Waals surface area contributed by atoms with Crippen molar-refractivity contribution in [2.75, 3.05) is 5.73 Å². The second-order valence-corrected chi connectivity index (χ2v) is 3.08. The number of anilines is 1. The molecule has 0 fully saturated rings. The molecule has 0 aromatic carbocycles. The van der Waals surface area contributed by atoms with E-state index in [9.17, 15) is 0 Å². The van der Waals surface area contributed by atoms with Crippen molar-refractivity contribution in [3.05, 3.63) is 11.4 Å². The van der Waals surface area contributed by atoms with Crippen LogP contribution in [0, 0.1) is 13.8 Å². The zero-order valence-corrected chi connectivity index (χ0v) is 7.87. The van der Waals surface area contributed by atoms with Crippen molar-refractivity contribution >= 4 is 17.0 Å². The molecule has 13 heavy (non-hydrogen) atoms. The zero-order chi connectivity index (χ0) is 9.59. The molecule has 2 aromatic heterocycles. The van der Waals surface area contributed by atoms with Crippen LogP contribution in [0.5, 0.6) is 0 Å². The van der Waals surface area contributed by atoms with E-state index in [0.717, 1.165) is 17.0 Å². The minimum Gasteiger partial charge on any atom is -0.380 e. The summed E-state index contributed by atoms with van der Waals surface area (Å²) < 4.78 is 1.64. The minimum atomic E-state index is 0.438. The van der Waals surface area contributed by atoms with Gasteiger partial charge in [0.1, 0.15) is 0 Å². The molecule has 68 valence electrons. The van der Waals surface area contributed by atoms with Gasteiger partial charge in [0.15, 0.2) is 17.0 Å². The molecule has 0 aliphatic heterocycles. The molecule has 0 saturated heterocycles. The molecule has 2 heterocycles. The Balaban J connectivity index is 2.91. The van der Waals surface area contributed by atoms with E-state index < -0.39 is 0 Å². The molecular weight excluding hydrogens is 166 g/mol. The first-order valence-electron chi connectivity index (χ1n) is 4.03. The maximum atomic E-state index is 5.66. The van der Waals surface area contributed by atoms with E-state index in [1.165, 1.54) is 0 Å². The van der Waals surface area contributed by atoms with E-state index in [4.69, 9.17) is 5.73 Å². The third-order valence-corrected chi connectivity index (χ3v) is 2.10. The Morgan fingerprint density at radius 3 is 2.46 bits per heavy atom. The van der Waals surface area contributed by atoms with E-state index in [-0.39, 0.29) is 0 Å². The normalized spacial score (nSPS) is 11.0. The first-order chi connectivity index (χ1) is 6.09. The summed E-state index contributed by atoms with van der Waals surface area (Å²) in [5.74, 6) is 0.438. The fourth-order valence-corrected chi connectivity index (χ4v) is 1.25. The van der Waals surface area contributed by atoms with Crippen LogP contribution in [0.15, 0.2) is 0 Å². The molecule has 0 spiro atoms. The topological polar surface area (TPSA) is 69.6 Å². The van der Waals surface area contributed by atoms with Crippen molar-refractivity contribution in [2.45, 2.75) is 13.8 Å². The highest BCUT2D eigenvalue weighted by molar-refractivity contribution is 5.82. The summed E-state index contributed by atoms with van der Waals surface area (Å²) >= 11 is 0. The first-order valence-corrected chi connectivity index (χ1v) is 4.03. The lowest BCUT2D eigenvalue weighted by atomic mass is 10.3. The van der Waals surface area contributed by atoms with Crippen molar-refractivity contribution in [3.8, 4) is 0 Å². The van der Waals surface area contributed by atoms with Gasteiger partial charge in [0.25, 0.3) is 0 Å². The molecule has 2 aromatic rings. The average molecular weight is 177 g/mol. The maximum Gasteiger partial charge on any atom is 0.179 e. The molecule has 5 heteroatoms. The van der Waals surface area contributed by atoms with Crippen molar-refractivity contribution in [1.82, 2.24) is 19.7 Å². The summed E-state index contributed by atoms with van der Waals surface area (Å²) in [5.41, 5.74) is 8.89.